The Labute approximate surface area is 399 Å². The molecular formula is C54H60B3BrN2O6. The lowest BCUT2D eigenvalue weighted by atomic mass is 9.49. The van der Waals surface area contributed by atoms with E-state index < -0.39 is 14.0 Å². The zero-order valence-corrected chi connectivity index (χ0v) is 41.9. The molecule has 3 aliphatic rings. The van der Waals surface area contributed by atoms with Gasteiger partial charge in [-0.15, -0.1) is 0 Å². The summed E-state index contributed by atoms with van der Waals surface area (Å²) in [5.74, 6) is 0. The van der Waals surface area contributed by atoms with Gasteiger partial charge in [0.2, 0.25) is 0 Å². The smallest absolute Gasteiger partial charge is 0.405 e. The number of nitrogens with zero attached hydrogens (tertiary/aromatic N) is 2. The van der Waals surface area contributed by atoms with Gasteiger partial charge in [-0.25, -0.2) is 0 Å². The third kappa shape index (κ3) is 8.27. The molecule has 5 heterocycles. The van der Waals surface area contributed by atoms with Crippen molar-refractivity contribution in [1.82, 2.24) is 9.13 Å². The normalized spacial score (nSPS) is 19.9. The average molecular weight is 945 g/mol. The van der Waals surface area contributed by atoms with Crippen LogP contribution < -0.4 is 5.46 Å². The highest BCUT2D eigenvalue weighted by Gasteiger charge is 2.63. The molecule has 0 atom stereocenters. The molecule has 338 valence electrons. The van der Waals surface area contributed by atoms with E-state index >= 15 is 0 Å². The van der Waals surface area contributed by atoms with Crippen LogP contribution in [0.3, 0.4) is 0 Å². The molecule has 6 aromatic carbocycles. The quantitative estimate of drug-likeness (QED) is 0.164. The van der Waals surface area contributed by atoms with Crippen molar-refractivity contribution in [2.24, 2.45) is 0 Å². The number of halogens is 1. The van der Waals surface area contributed by atoms with Crippen LogP contribution in [0.15, 0.2) is 150 Å². The summed E-state index contributed by atoms with van der Waals surface area (Å²) in [6, 6.07) is 51.1. The lowest BCUT2D eigenvalue weighted by molar-refractivity contribution is 0.00578. The lowest BCUT2D eigenvalue weighted by Gasteiger charge is -2.32. The van der Waals surface area contributed by atoms with Gasteiger partial charge < -0.3 is 37.1 Å². The van der Waals surface area contributed by atoms with Crippen LogP contribution in [-0.4, -0.2) is 63.9 Å². The first-order valence-corrected chi connectivity index (χ1v) is 23.8. The van der Waals surface area contributed by atoms with Gasteiger partial charge in [0, 0.05) is 37.4 Å². The molecule has 0 unspecified atom stereocenters. The predicted molar refractivity (Wildman–Crippen MR) is 277 cm³/mol. The topological polar surface area (TPSA) is 65.2 Å². The molecule has 0 spiro atoms. The Morgan fingerprint density at radius 3 is 1.11 bits per heavy atom. The van der Waals surface area contributed by atoms with Gasteiger partial charge in [0.1, 0.15) is 0 Å². The largest absolute Gasteiger partial charge is 0.494 e. The Morgan fingerprint density at radius 1 is 0.348 bits per heavy atom. The molecule has 8 aromatic rings. The van der Waals surface area contributed by atoms with Crippen molar-refractivity contribution in [3.8, 4) is 11.4 Å². The standard InChI is InChI=1S/C24H24BNO2.C18H12BrN.C12H24B2O4/c1-23(2)24(3,4)28-25(27-23)17-14-15-20-19-12-8-9-13-21(19)26(22(20)16-17)18-10-6-5-7-11-18;19-13-10-11-16-15-8-4-5-9-17(15)20(18(16)12-13)14-6-2-1-3-7-14;1-9(2)10(3,4)16-13(15-9)14-17-11(5,6)12(7,8)18-14/h5-16H,1-4H3;1-12H;1-8H3. The molecule has 66 heavy (non-hydrogen) atoms. The van der Waals surface area contributed by atoms with Crippen LogP contribution in [0.5, 0.6) is 0 Å². The van der Waals surface area contributed by atoms with E-state index in [1.165, 1.54) is 49.3 Å². The summed E-state index contributed by atoms with van der Waals surface area (Å²) in [4.78, 5) is 0. The van der Waals surface area contributed by atoms with Gasteiger partial charge in [-0.05, 0) is 143 Å². The zero-order valence-electron chi connectivity index (χ0n) is 40.3. The number of benzene rings is 6. The minimum absolute atomic E-state index is 0.348. The van der Waals surface area contributed by atoms with E-state index in [-0.39, 0.29) is 40.7 Å². The Hall–Kier alpha value is -4.65. The zero-order chi connectivity index (χ0) is 47.0. The summed E-state index contributed by atoms with van der Waals surface area (Å²) < 4.78 is 42.2. The number of fused-ring (bicyclic) bond motifs is 6. The van der Waals surface area contributed by atoms with Crippen molar-refractivity contribution >= 4 is 86.1 Å². The van der Waals surface area contributed by atoms with Crippen LogP contribution in [-0.2, 0) is 27.9 Å². The number of aromatic nitrogens is 2. The van der Waals surface area contributed by atoms with E-state index in [4.69, 9.17) is 27.9 Å². The van der Waals surface area contributed by atoms with E-state index in [0.29, 0.717) is 0 Å². The van der Waals surface area contributed by atoms with Crippen molar-refractivity contribution in [1.29, 1.82) is 0 Å². The number of hydrogen-bond donors (Lipinski definition) is 0. The van der Waals surface area contributed by atoms with Gasteiger partial charge in [0.15, 0.2) is 0 Å². The summed E-state index contributed by atoms with van der Waals surface area (Å²) in [5, 5.41) is 5.06. The molecule has 12 heteroatoms. The fraction of sp³-hybridized carbons (Fsp3) is 0.333. The monoisotopic (exact) mass is 944 g/mol. The second-order valence-electron chi connectivity index (χ2n) is 20.7. The van der Waals surface area contributed by atoms with Gasteiger partial charge >= 0.3 is 21.1 Å². The van der Waals surface area contributed by atoms with Crippen LogP contribution in [0.1, 0.15) is 83.1 Å². The first kappa shape index (κ1) is 46.5. The lowest BCUT2D eigenvalue weighted by Crippen LogP contribution is -2.41. The number of para-hydroxylation sites is 4. The van der Waals surface area contributed by atoms with Crippen LogP contribution >= 0.6 is 15.9 Å². The van der Waals surface area contributed by atoms with Crippen LogP contribution in [0.25, 0.3) is 55.0 Å². The maximum absolute atomic E-state index is 6.29. The molecule has 0 saturated carbocycles. The summed E-state index contributed by atoms with van der Waals surface area (Å²) >= 11 is 3.58. The van der Waals surface area contributed by atoms with E-state index in [9.17, 15) is 0 Å². The van der Waals surface area contributed by atoms with Gasteiger partial charge in [0.25, 0.3) is 0 Å². The van der Waals surface area contributed by atoms with Crippen LogP contribution in [0.4, 0.5) is 0 Å². The Kier molecular flexibility index (Phi) is 11.9. The highest BCUT2D eigenvalue weighted by atomic mass is 79.9. The third-order valence-electron chi connectivity index (χ3n) is 14.7. The molecular weight excluding hydrogens is 885 g/mol. The van der Waals surface area contributed by atoms with Crippen LogP contribution in [0.2, 0.25) is 0 Å². The second kappa shape index (κ2) is 16.8. The maximum atomic E-state index is 6.29. The van der Waals surface area contributed by atoms with Gasteiger partial charge in [-0.3, -0.25) is 0 Å². The molecule has 3 fully saturated rings. The Bertz CT molecular complexity index is 2970. The average Bonchev–Trinajstić information content (AvgIpc) is 3.97. The van der Waals surface area contributed by atoms with Crippen molar-refractivity contribution in [2.75, 3.05) is 0 Å². The Balaban J connectivity index is 0.000000129. The molecule has 8 nitrogen and oxygen atoms in total. The molecule has 2 aromatic heterocycles. The van der Waals surface area contributed by atoms with Gasteiger partial charge in [0.05, 0.1) is 55.7 Å². The third-order valence-corrected chi connectivity index (χ3v) is 15.1. The summed E-state index contributed by atoms with van der Waals surface area (Å²) in [7, 11) is -1.32. The van der Waals surface area contributed by atoms with E-state index in [1.807, 2.05) is 67.5 Å². The van der Waals surface area contributed by atoms with Crippen LogP contribution in [0, 0.1) is 0 Å². The van der Waals surface area contributed by atoms with E-state index in [0.717, 1.165) is 15.6 Å². The molecule has 0 amide bonds. The maximum Gasteiger partial charge on any atom is 0.494 e. The summed E-state index contributed by atoms with van der Waals surface area (Å²) in [6.07, 6.45) is 0. The van der Waals surface area contributed by atoms with E-state index in [1.54, 1.807) is 0 Å². The first-order valence-electron chi connectivity index (χ1n) is 23.0. The van der Waals surface area contributed by atoms with Crippen molar-refractivity contribution in [3.63, 3.8) is 0 Å². The van der Waals surface area contributed by atoms with Crippen molar-refractivity contribution in [3.05, 3.63) is 150 Å². The second-order valence-corrected chi connectivity index (χ2v) is 21.6. The molecule has 0 bridgehead atoms. The fourth-order valence-electron chi connectivity index (χ4n) is 8.77. The highest BCUT2D eigenvalue weighted by molar-refractivity contribution is 9.10. The van der Waals surface area contributed by atoms with Crippen molar-refractivity contribution in [2.45, 2.75) is 117 Å². The highest BCUT2D eigenvalue weighted by Crippen LogP contribution is 2.43. The Morgan fingerprint density at radius 2 is 0.682 bits per heavy atom. The molecule has 0 aliphatic carbocycles. The molecule has 3 saturated heterocycles. The predicted octanol–water partition coefficient (Wildman–Crippen LogP) is 12.9. The summed E-state index contributed by atoms with van der Waals surface area (Å²) in [6.45, 7) is 24.6. The minimum Gasteiger partial charge on any atom is -0.405 e. The number of hydrogen-bond acceptors (Lipinski definition) is 6. The SMILES string of the molecule is Brc1ccc2c3ccccc3n(-c3ccccc3)c2c1.CC1(C)OB(B2OC(C)(C)C(C)(C)O2)OC1(C)C.CC1(C)OB(c2ccc3c4ccccc4n(-c4ccccc4)c3c2)OC1(C)C. The molecule has 0 N–H and O–H groups in total. The molecule has 3 aliphatic heterocycles. The fourth-order valence-corrected chi connectivity index (χ4v) is 9.12. The van der Waals surface area contributed by atoms with Gasteiger partial charge in [-0.2, -0.15) is 0 Å². The van der Waals surface area contributed by atoms with E-state index in [2.05, 4.69) is 186 Å². The summed E-state index contributed by atoms with van der Waals surface area (Å²) in [5.41, 5.74) is 6.10. The number of rotatable bonds is 4. The van der Waals surface area contributed by atoms with Crippen molar-refractivity contribution < 1.29 is 27.9 Å². The molecule has 0 radical (unpaired) electrons. The first-order chi connectivity index (χ1) is 31.1. The molecule has 11 rings (SSSR count). The minimum atomic E-state index is -0.476. The van der Waals surface area contributed by atoms with Gasteiger partial charge in [-0.1, -0.05) is 107 Å².